The molecule has 0 saturated heterocycles. The summed E-state index contributed by atoms with van der Waals surface area (Å²) in [4.78, 5) is 26.6. The number of nitrogens with one attached hydrogen (secondary N) is 1. The summed E-state index contributed by atoms with van der Waals surface area (Å²) in [5.41, 5.74) is 4.37. The molecule has 2 N–H and O–H groups in total. The van der Waals surface area contributed by atoms with Crippen LogP contribution in [0.3, 0.4) is 0 Å². The molecule has 1 heterocycles. The van der Waals surface area contributed by atoms with Crippen LogP contribution in [0.1, 0.15) is 15.9 Å². The second kappa shape index (κ2) is 10.5. The molecule has 0 radical (unpaired) electrons. The molecule has 0 bridgehead atoms. The second-order valence-corrected chi connectivity index (χ2v) is 7.37. The number of carbonyl (C=O) groups is 2. The largest absolute Gasteiger partial charge is 0.506 e. The van der Waals surface area contributed by atoms with Gasteiger partial charge in [0.15, 0.2) is 0 Å². The highest BCUT2D eigenvalue weighted by Gasteiger charge is 2.13. The van der Waals surface area contributed by atoms with Crippen molar-refractivity contribution in [2.45, 2.75) is 6.54 Å². The van der Waals surface area contributed by atoms with Gasteiger partial charge in [-0.25, -0.2) is 5.43 Å². The molecule has 2 aromatic carbocycles. The van der Waals surface area contributed by atoms with Gasteiger partial charge in [0.1, 0.15) is 12.3 Å². The van der Waals surface area contributed by atoms with Gasteiger partial charge in [-0.15, -0.1) is 13.2 Å². The molecule has 32 heavy (non-hydrogen) atoms. The standard InChI is InChI=1S/C24H23ClN4O3/c1-3-11-28(12-4-2)23(31)16-29-13-10-19-18(6-5-7-21(19)29)15-26-27-24(32)17-8-9-22(30)20(25)14-17/h3-10,13-15,30H,1-2,11-12,16H2,(H,27,32)/b26-15+. The highest BCUT2D eigenvalue weighted by atomic mass is 35.5. The summed E-state index contributed by atoms with van der Waals surface area (Å²) in [5, 5.41) is 14.5. The third kappa shape index (κ3) is 5.25. The number of phenols is 1. The molecule has 1 aromatic heterocycles. The summed E-state index contributed by atoms with van der Waals surface area (Å²) in [6, 6.07) is 11.7. The number of aromatic hydroxyl groups is 1. The van der Waals surface area contributed by atoms with E-state index in [1.54, 1.807) is 17.1 Å². The zero-order valence-corrected chi connectivity index (χ0v) is 18.1. The van der Waals surface area contributed by atoms with E-state index in [2.05, 4.69) is 23.7 Å². The van der Waals surface area contributed by atoms with Crippen LogP contribution < -0.4 is 5.43 Å². The van der Waals surface area contributed by atoms with Crippen molar-refractivity contribution in [3.05, 3.63) is 90.1 Å². The number of fused-ring (bicyclic) bond motifs is 1. The van der Waals surface area contributed by atoms with E-state index in [-0.39, 0.29) is 28.8 Å². The molecular formula is C24H23ClN4O3. The number of carbonyl (C=O) groups excluding carboxylic acids is 2. The van der Waals surface area contributed by atoms with Crippen LogP contribution in [0.5, 0.6) is 5.75 Å². The van der Waals surface area contributed by atoms with E-state index in [9.17, 15) is 14.7 Å². The molecule has 0 spiro atoms. The number of rotatable bonds is 9. The van der Waals surface area contributed by atoms with E-state index < -0.39 is 5.91 Å². The van der Waals surface area contributed by atoms with Crippen molar-refractivity contribution in [3.8, 4) is 5.75 Å². The molecule has 0 atom stereocenters. The van der Waals surface area contributed by atoms with Crippen LogP contribution >= 0.6 is 11.6 Å². The van der Waals surface area contributed by atoms with Crippen LogP contribution in [0, 0.1) is 0 Å². The van der Waals surface area contributed by atoms with Crippen molar-refractivity contribution in [2.24, 2.45) is 5.10 Å². The van der Waals surface area contributed by atoms with Crippen LogP contribution in [0.2, 0.25) is 5.02 Å². The predicted octanol–water partition coefficient (Wildman–Crippen LogP) is 3.96. The first-order valence-corrected chi connectivity index (χ1v) is 10.2. The van der Waals surface area contributed by atoms with Gasteiger partial charge >= 0.3 is 0 Å². The number of aromatic nitrogens is 1. The van der Waals surface area contributed by atoms with Crippen molar-refractivity contribution in [1.82, 2.24) is 14.9 Å². The minimum Gasteiger partial charge on any atom is -0.506 e. The zero-order chi connectivity index (χ0) is 23.1. The molecule has 164 valence electrons. The monoisotopic (exact) mass is 450 g/mol. The van der Waals surface area contributed by atoms with Crippen molar-refractivity contribution in [2.75, 3.05) is 13.1 Å². The average Bonchev–Trinajstić information content (AvgIpc) is 3.19. The first-order chi connectivity index (χ1) is 15.4. The minimum atomic E-state index is -0.456. The van der Waals surface area contributed by atoms with Crippen molar-refractivity contribution >= 4 is 40.5 Å². The summed E-state index contributed by atoms with van der Waals surface area (Å²) < 4.78 is 1.87. The number of nitrogens with zero attached hydrogens (tertiary/aromatic N) is 3. The Morgan fingerprint density at radius 3 is 2.59 bits per heavy atom. The van der Waals surface area contributed by atoms with Gasteiger partial charge in [-0.1, -0.05) is 35.9 Å². The second-order valence-electron chi connectivity index (χ2n) is 6.97. The first-order valence-electron chi connectivity index (χ1n) is 9.84. The van der Waals surface area contributed by atoms with Gasteiger partial charge in [0.25, 0.3) is 5.91 Å². The van der Waals surface area contributed by atoms with Crippen LogP contribution in [-0.4, -0.2) is 45.7 Å². The van der Waals surface area contributed by atoms with Gasteiger partial charge in [-0.3, -0.25) is 9.59 Å². The summed E-state index contributed by atoms with van der Waals surface area (Å²) >= 11 is 5.84. The molecule has 7 nitrogen and oxygen atoms in total. The lowest BCUT2D eigenvalue weighted by Gasteiger charge is -2.19. The Hall–Kier alpha value is -3.84. The molecule has 3 aromatic rings. The molecule has 0 saturated carbocycles. The Bertz CT molecular complexity index is 1190. The van der Waals surface area contributed by atoms with Crippen LogP contribution in [0.25, 0.3) is 10.9 Å². The first kappa shape index (κ1) is 22.8. The lowest BCUT2D eigenvalue weighted by Crippen LogP contribution is -2.34. The summed E-state index contributed by atoms with van der Waals surface area (Å²) in [7, 11) is 0. The van der Waals surface area contributed by atoms with E-state index >= 15 is 0 Å². The van der Waals surface area contributed by atoms with Crippen molar-refractivity contribution in [1.29, 1.82) is 0 Å². The normalized spacial score (nSPS) is 10.9. The molecule has 8 heteroatoms. The number of phenolic OH excluding ortho intramolecular Hbond substituents is 1. The Balaban J connectivity index is 1.74. The Kier molecular flexibility index (Phi) is 7.46. The number of amides is 2. The maximum Gasteiger partial charge on any atom is 0.271 e. The Morgan fingerprint density at radius 1 is 1.16 bits per heavy atom. The molecule has 0 unspecified atom stereocenters. The maximum atomic E-state index is 12.7. The summed E-state index contributed by atoms with van der Waals surface area (Å²) in [5.74, 6) is -0.595. The van der Waals surface area contributed by atoms with Crippen molar-refractivity contribution in [3.63, 3.8) is 0 Å². The maximum absolute atomic E-state index is 12.7. The highest BCUT2D eigenvalue weighted by molar-refractivity contribution is 6.32. The van der Waals surface area contributed by atoms with E-state index in [0.717, 1.165) is 16.5 Å². The molecule has 0 aliphatic rings. The van der Waals surface area contributed by atoms with Gasteiger partial charge in [0, 0.05) is 41.3 Å². The van der Waals surface area contributed by atoms with E-state index in [4.69, 9.17) is 11.6 Å². The quantitative estimate of drug-likeness (QED) is 0.294. The minimum absolute atomic E-state index is 0.0406. The van der Waals surface area contributed by atoms with Crippen LogP contribution in [0.15, 0.2) is 79.1 Å². The van der Waals surface area contributed by atoms with Gasteiger partial charge in [0.05, 0.1) is 11.2 Å². The number of hydrogen-bond acceptors (Lipinski definition) is 4. The fourth-order valence-electron chi connectivity index (χ4n) is 3.21. The van der Waals surface area contributed by atoms with Gasteiger partial charge in [-0.05, 0) is 30.3 Å². The highest BCUT2D eigenvalue weighted by Crippen LogP contribution is 2.23. The molecule has 0 aliphatic heterocycles. The molecule has 2 amide bonds. The Morgan fingerprint density at radius 2 is 1.91 bits per heavy atom. The molecule has 3 rings (SSSR count). The molecule has 0 fully saturated rings. The topological polar surface area (TPSA) is 86.9 Å². The number of hydrogen-bond donors (Lipinski definition) is 2. The molecular weight excluding hydrogens is 428 g/mol. The lowest BCUT2D eigenvalue weighted by atomic mass is 10.1. The smallest absolute Gasteiger partial charge is 0.271 e. The molecule has 0 aliphatic carbocycles. The zero-order valence-electron chi connectivity index (χ0n) is 17.4. The lowest BCUT2D eigenvalue weighted by molar-refractivity contribution is -0.130. The van der Waals surface area contributed by atoms with Crippen LogP contribution in [-0.2, 0) is 11.3 Å². The third-order valence-corrected chi connectivity index (χ3v) is 5.09. The third-order valence-electron chi connectivity index (χ3n) is 4.78. The fraction of sp³-hybridized carbons (Fsp3) is 0.125. The number of halogens is 1. The van der Waals surface area contributed by atoms with Gasteiger partial charge < -0.3 is 14.6 Å². The summed E-state index contributed by atoms with van der Waals surface area (Å²) in [6.07, 6.45) is 6.75. The predicted molar refractivity (Wildman–Crippen MR) is 127 cm³/mol. The van der Waals surface area contributed by atoms with Crippen molar-refractivity contribution < 1.29 is 14.7 Å². The van der Waals surface area contributed by atoms with E-state index in [1.807, 2.05) is 35.0 Å². The Labute approximate surface area is 190 Å². The number of benzene rings is 2. The van der Waals surface area contributed by atoms with Gasteiger partial charge in [0.2, 0.25) is 5.91 Å². The van der Waals surface area contributed by atoms with Crippen LogP contribution in [0.4, 0.5) is 0 Å². The average molecular weight is 451 g/mol. The SMILES string of the molecule is C=CCN(CC=C)C(=O)Cn1ccc2c(/C=N/NC(=O)c3ccc(O)c(Cl)c3)cccc21. The summed E-state index contributed by atoms with van der Waals surface area (Å²) in [6.45, 7) is 8.48. The van der Waals surface area contributed by atoms with E-state index in [1.165, 1.54) is 24.4 Å². The fourth-order valence-corrected chi connectivity index (χ4v) is 3.39. The number of hydrazone groups is 1. The van der Waals surface area contributed by atoms with Gasteiger partial charge in [-0.2, -0.15) is 5.10 Å². The van der Waals surface area contributed by atoms with E-state index in [0.29, 0.717) is 13.1 Å².